The molecule has 2 aliphatic rings. The lowest BCUT2D eigenvalue weighted by atomic mass is 9.40. The number of hydrogen-bond donors (Lipinski definition) is 1. The van der Waals surface area contributed by atoms with Crippen LogP contribution in [-0.4, -0.2) is 22.5 Å². The second-order valence-corrected chi connectivity index (χ2v) is 10.9. The van der Waals surface area contributed by atoms with E-state index in [1.165, 1.54) is 0 Å². The molecule has 0 heterocycles. The summed E-state index contributed by atoms with van der Waals surface area (Å²) in [6.45, 7) is 13.5. The van der Waals surface area contributed by atoms with Crippen LogP contribution in [0.4, 0.5) is 0 Å². The number of fused-ring (bicyclic) bond motifs is 2. The minimum Gasteiger partial charge on any atom is -0.506 e. The fourth-order valence-electron chi connectivity index (χ4n) is 5.49. The van der Waals surface area contributed by atoms with Crippen molar-refractivity contribution in [3.05, 3.63) is 64.8 Å². The molecule has 0 radical (unpaired) electrons. The molecule has 0 saturated heterocycles. The van der Waals surface area contributed by atoms with Crippen LogP contribution >= 0.6 is 0 Å². The SMILES string of the molecule is CC(C)=CC[C@H]1C[C@@]2(CC=C(C)C)C(=O)/C(=C(\O)c3ccccc3)C(=O)[C@@](C)(C2=O)C1(C)C. The zero-order chi connectivity index (χ0) is 24.8. The molecule has 2 saturated carbocycles. The molecule has 0 aliphatic heterocycles. The highest BCUT2D eigenvalue weighted by Gasteiger charge is 2.72. The first-order valence-electron chi connectivity index (χ1n) is 11.7. The lowest BCUT2D eigenvalue weighted by Gasteiger charge is -2.59. The van der Waals surface area contributed by atoms with Gasteiger partial charge < -0.3 is 5.11 Å². The lowest BCUT2D eigenvalue weighted by Crippen LogP contribution is -2.68. The minimum absolute atomic E-state index is 0.0334. The van der Waals surface area contributed by atoms with Gasteiger partial charge in [-0.25, -0.2) is 0 Å². The number of aliphatic hydroxyl groups excluding tert-OH is 1. The smallest absolute Gasteiger partial charge is 0.184 e. The number of aliphatic hydroxyl groups is 1. The van der Waals surface area contributed by atoms with Crippen LogP contribution in [0, 0.1) is 22.2 Å². The first-order chi connectivity index (χ1) is 15.3. The average molecular weight is 449 g/mol. The van der Waals surface area contributed by atoms with E-state index in [1.807, 2.05) is 47.6 Å². The molecule has 33 heavy (non-hydrogen) atoms. The molecule has 176 valence electrons. The fraction of sp³-hybridized carbons (Fsp3) is 0.483. The number of carbonyl (C=O) groups excluding carboxylic acids is 3. The van der Waals surface area contributed by atoms with E-state index >= 15 is 0 Å². The van der Waals surface area contributed by atoms with Crippen LogP contribution in [0.15, 0.2) is 59.2 Å². The molecule has 0 unspecified atom stereocenters. The molecule has 1 N–H and O–H groups in total. The maximum Gasteiger partial charge on any atom is 0.184 e. The van der Waals surface area contributed by atoms with Crippen LogP contribution < -0.4 is 0 Å². The second kappa shape index (κ2) is 8.55. The van der Waals surface area contributed by atoms with Crippen molar-refractivity contribution in [3.63, 3.8) is 0 Å². The van der Waals surface area contributed by atoms with E-state index in [2.05, 4.69) is 6.08 Å². The highest BCUT2D eigenvalue weighted by atomic mass is 16.3. The average Bonchev–Trinajstić information content (AvgIpc) is 2.76. The normalized spacial score (nSPS) is 30.0. The van der Waals surface area contributed by atoms with Crippen molar-refractivity contribution in [3.8, 4) is 0 Å². The van der Waals surface area contributed by atoms with Gasteiger partial charge in [-0.3, -0.25) is 14.4 Å². The van der Waals surface area contributed by atoms with Gasteiger partial charge in [0.15, 0.2) is 17.3 Å². The van der Waals surface area contributed by atoms with Crippen LogP contribution in [0.2, 0.25) is 0 Å². The Labute approximate surface area is 197 Å². The number of rotatable bonds is 5. The Bertz CT molecular complexity index is 1080. The van der Waals surface area contributed by atoms with Gasteiger partial charge in [-0.15, -0.1) is 0 Å². The molecule has 0 aromatic heterocycles. The summed E-state index contributed by atoms with van der Waals surface area (Å²) < 4.78 is 0. The number of Topliss-reactive ketones (excluding diaryl/α,β-unsaturated/α-hetero) is 3. The van der Waals surface area contributed by atoms with E-state index in [0.29, 0.717) is 18.4 Å². The van der Waals surface area contributed by atoms with Gasteiger partial charge in [0.2, 0.25) is 0 Å². The molecule has 2 fully saturated rings. The second-order valence-electron chi connectivity index (χ2n) is 10.9. The molecule has 1 aromatic carbocycles. The van der Waals surface area contributed by atoms with Gasteiger partial charge in [0, 0.05) is 5.56 Å². The Morgan fingerprint density at radius 3 is 2.06 bits per heavy atom. The van der Waals surface area contributed by atoms with E-state index < -0.39 is 27.8 Å². The molecule has 1 aromatic rings. The zero-order valence-corrected chi connectivity index (χ0v) is 20.9. The quantitative estimate of drug-likeness (QED) is 0.185. The minimum atomic E-state index is -1.41. The number of ketones is 3. The summed E-state index contributed by atoms with van der Waals surface area (Å²) in [7, 11) is 0. The van der Waals surface area contributed by atoms with Gasteiger partial charge in [-0.1, -0.05) is 67.5 Å². The van der Waals surface area contributed by atoms with E-state index in [1.54, 1.807) is 37.3 Å². The largest absolute Gasteiger partial charge is 0.506 e. The molecule has 2 aliphatic carbocycles. The third kappa shape index (κ3) is 3.74. The summed E-state index contributed by atoms with van der Waals surface area (Å²) >= 11 is 0. The predicted molar refractivity (Wildman–Crippen MR) is 132 cm³/mol. The fourth-order valence-corrected chi connectivity index (χ4v) is 5.49. The number of hydrogen-bond acceptors (Lipinski definition) is 4. The maximum atomic E-state index is 14.1. The molecular formula is C29H36O4. The van der Waals surface area contributed by atoms with Crippen LogP contribution in [0.5, 0.6) is 0 Å². The van der Waals surface area contributed by atoms with Gasteiger partial charge in [0.1, 0.15) is 11.3 Å². The van der Waals surface area contributed by atoms with Crippen LogP contribution in [0.3, 0.4) is 0 Å². The van der Waals surface area contributed by atoms with Crippen molar-refractivity contribution in [2.24, 2.45) is 22.2 Å². The van der Waals surface area contributed by atoms with Crippen LogP contribution in [0.25, 0.3) is 5.76 Å². The van der Waals surface area contributed by atoms with E-state index in [-0.39, 0.29) is 29.5 Å². The molecule has 0 amide bonds. The van der Waals surface area contributed by atoms with Crippen molar-refractivity contribution in [1.29, 1.82) is 0 Å². The molecule has 4 heteroatoms. The highest BCUT2D eigenvalue weighted by Crippen LogP contribution is 2.63. The molecule has 0 spiro atoms. The Hall–Kier alpha value is -2.75. The van der Waals surface area contributed by atoms with Gasteiger partial charge in [0.25, 0.3) is 0 Å². The van der Waals surface area contributed by atoms with Crippen molar-refractivity contribution >= 4 is 23.1 Å². The Balaban J connectivity index is 2.32. The number of carbonyl (C=O) groups is 3. The molecule has 2 bridgehead atoms. The highest BCUT2D eigenvalue weighted by molar-refractivity contribution is 6.41. The monoisotopic (exact) mass is 448 g/mol. The van der Waals surface area contributed by atoms with Gasteiger partial charge in [-0.2, -0.15) is 0 Å². The molecule has 3 atom stereocenters. The topological polar surface area (TPSA) is 71.4 Å². The van der Waals surface area contributed by atoms with Crippen LogP contribution in [-0.2, 0) is 14.4 Å². The van der Waals surface area contributed by atoms with E-state index in [0.717, 1.165) is 11.1 Å². The van der Waals surface area contributed by atoms with E-state index in [9.17, 15) is 19.5 Å². The van der Waals surface area contributed by atoms with Crippen molar-refractivity contribution in [1.82, 2.24) is 0 Å². The number of allylic oxidation sites excluding steroid dienone is 5. The Morgan fingerprint density at radius 1 is 0.939 bits per heavy atom. The first kappa shape index (κ1) is 24.9. The van der Waals surface area contributed by atoms with E-state index in [4.69, 9.17) is 0 Å². The van der Waals surface area contributed by atoms with Gasteiger partial charge in [-0.05, 0) is 65.2 Å². The summed E-state index contributed by atoms with van der Waals surface area (Å²) in [6, 6.07) is 8.64. The predicted octanol–water partition coefficient (Wildman–Crippen LogP) is 6.43. The van der Waals surface area contributed by atoms with Gasteiger partial charge >= 0.3 is 0 Å². The number of benzene rings is 1. The lowest BCUT2D eigenvalue weighted by molar-refractivity contribution is -0.174. The standard InChI is InChI=1S/C29H36O4/c1-18(2)13-14-21-17-29(16-15-19(3)4)25(32)22(23(30)20-11-9-8-10-12-20)24(31)28(7,26(29)33)27(21,5)6/h8-13,15,21,30H,14,16-17H2,1-7H3/b23-22-/t21-,28-,29-/m0/s1. The summed E-state index contributed by atoms with van der Waals surface area (Å²) in [4.78, 5) is 42.1. The molecular weight excluding hydrogens is 412 g/mol. The first-order valence-corrected chi connectivity index (χ1v) is 11.7. The molecule has 3 rings (SSSR count). The summed E-state index contributed by atoms with van der Waals surface area (Å²) in [5.74, 6) is -1.76. The summed E-state index contributed by atoms with van der Waals surface area (Å²) in [5.41, 5.74) is -1.10. The summed E-state index contributed by atoms with van der Waals surface area (Å²) in [5, 5.41) is 11.1. The van der Waals surface area contributed by atoms with Crippen LogP contribution in [0.1, 0.15) is 73.3 Å². The van der Waals surface area contributed by atoms with Crippen molar-refractivity contribution in [2.75, 3.05) is 0 Å². The third-order valence-electron chi connectivity index (χ3n) is 8.09. The zero-order valence-electron chi connectivity index (χ0n) is 20.9. The van der Waals surface area contributed by atoms with Gasteiger partial charge in [0.05, 0.1) is 10.8 Å². The third-order valence-corrected chi connectivity index (χ3v) is 8.09. The van der Waals surface area contributed by atoms with Crippen molar-refractivity contribution in [2.45, 2.75) is 67.7 Å². The van der Waals surface area contributed by atoms with Crippen molar-refractivity contribution < 1.29 is 19.5 Å². The Kier molecular flexibility index (Phi) is 6.45. The molecule has 4 nitrogen and oxygen atoms in total. The summed E-state index contributed by atoms with van der Waals surface area (Å²) in [6.07, 6.45) is 5.34. The maximum absolute atomic E-state index is 14.1. The Morgan fingerprint density at radius 2 is 1.52 bits per heavy atom.